The second kappa shape index (κ2) is 5.91. The lowest BCUT2D eigenvalue weighted by Gasteiger charge is -2.08. The molecule has 0 aromatic heterocycles. The van der Waals surface area contributed by atoms with Gasteiger partial charge in [0.1, 0.15) is 6.04 Å². The van der Waals surface area contributed by atoms with E-state index in [9.17, 15) is 13.2 Å². The lowest BCUT2D eigenvalue weighted by atomic mass is 10.4. The fourth-order valence-electron chi connectivity index (χ4n) is 0.666. The van der Waals surface area contributed by atoms with E-state index in [4.69, 9.17) is 10.8 Å². The second-order valence-electron chi connectivity index (χ2n) is 2.61. The van der Waals surface area contributed by atoms with Gasteiger partial charge in [-0.25, -0.2) is 13.1 Å². The van der Waals surface area contributed by atoms with Gasteiger partial charge in [0, 0.05) is 13.7 Å². The quantitative estimate of drug-likeness (QED) is 0.430. The minimum absolute atomic E-state index is 0.102. The van der Waals surface area contributed by atoms with Crippen molar-refractivity contribution >= 4 is 16.0 Å². The minimum Gasteiger partial charge on any atom is -0.480 e. The molecule has 0 saturated heterocycles. The lowest BCUT2D eigenvalue weighted by molar-refractivity contribution is -0.137. The van der Waals surface area contributed by atoms with E-state index >= 15 is 0 Å². The maximum Gasteiger partial charge on any atom is 0.321 e. The predicted octanol–water partition coefficient (Wildman–Crippen LogP) is -2.04. The number of carboxylic acids is 1. The highest BCUT2D eigenvalue weighted by Crippen LogP contribution is 1.88. The minimum atomic E-state index is -3.63. The first-order chi connectivity index (χ1) is 6.39. The van der Waals surface area contributed by atoms with Gasteiger partial charge in [0.15, 0.2) is 0 Å². The molecule has 0 amide bonds. The number of carbonyl (C=O) groups is 1. The topological polar surface area (TPSA) is 119 Å². The summed E-state index contributed by atoms with van der Waals surface area (Å²) in [4.78, 5) is 10.3. The molecule has 0 spiro atoms. The summed E-state index contributed by atoms with van der Waals surface area (Å²) in [6.45, 7) is 0.326. The Hall–Kier alpha value is -0.700. The molecule has 0 aromatic rings. The van der Waals surface area contributed by atoms with Crippen LogP contribution < -0.4 is 10.5 Å². The number of nitrogens with two attached hydrogens (primary N) is 1. The molecule has 1 atom stereocenters. The molecule has 4 N–H and O–H groups in total. The normalized spacial score (nSPS) is 13.9. The maximum absolute atomic E-state index is 11.1. The van der Waals surface area contributed by atoms with Gasteiger partial charge in [-0.3, -0.25) is 4.79 Å². The zero-order valence-electron chi connectivity index (χ0n) is 7.76. The van der Waals surface area contributed by atoms with Crippen molar-refractivity contribution in [3.8, 4) is 0 Å². The van der Waals surface area contributed by atoms with E-state index in [0.717, 1.165) is 0 Å². The SMILES string of the molecule is COCCNS(=O)(=O)CC(N)C(=O)O. The third-order valence-electron chi connectivity index (χ3n) is 1.34. The van der Waals surface area contributed by atoms with E-state index in [0.29, 0.717) is 0 Å². The molecule has 0 rings (SSSR count). The van der Waals surface area contributed by atoms with Gasteiger partial charge >= 0.3 is 5.97 Å². The van der Waals surface area contributed by atoms with Crippen molar-refractivity contribution in [2.45, 2.75) is 6.04 Å². The van der Waals surface area contributed by atoms with Crippen LogP contribution in [0, 0.1) is 0 Å². The number of hydrogen-bond donors (Lipinski definition) is 3. The molecule has 0 saturated carbocycles. The number of nitrogens with one attached hydrogen (secondary N) is 1. The summed E-state index contributed by atoms with van der Waals surface area (Å²) in [6, 6.07) is -1.41. The van der Waals surface area contributed by atoms with Gasteiger partial charge < -0.3 is 15.6 Å². The van der Waals surface area contributed by atoms with Crippen LogP contribution >= 0.6 is 0 Å². The monoisotopic (exact) mass is 226 g/mol. The molecular formula is C6H14N2O5S. The largest absolute Gasteiger partial charge is 0.480 e. The molecule has 0 bridgehead atoms. The molecule has 0 aromatic carbocycles. The Kier molecular flexibility index (Phi) is 5.62. The highest BCUT2D eigenvalue weighted by atomic mass is 32.2. The fourth-order valence-corrected chi connectivity index (χ4v) is 1.79. The highest BCUT2D eigenvalue weighted by Gasteiger charge is 2.20. The summed E-state index contributed by atoms with van der Waals surface area (Å²) >= 11 is 0. The van der Waals surface area contributed by atoms with Crippen molar-refractivity contribution < 1.29 is 23.1 Å². The van der Waals surface area contributed by atoms with E-state index in [1.807, 2.05) is 0 Å². The molecule has 1 unspecified atom stereocenters. The van der Waals surface area contributed by atoms with Crippen molar-refractivity contribution in [2.75, 3.05) is 26.0 Å². The zero-order valence-corrected chi connectivity index (χ0v) is 8.58. The third-order valence-corrected chi connectivity index (χ3v) is 2.79. The van der Waals surface area contributed by atoms with Crippen LogP contribution in [0.15, 0.2) is 0 Å². The van der Waals surface area contributed by atoms with Crippen LogP contribution in [0.3, 0.4) is 0 Å². The Bertz CT molecular complexity index is 276. The molecule has 7 nitrogen and oxygen atoms in total. The van der Waals surface area contributed by atoms with Crippen LogP contribution in [0.1, 0.15) is 0 Å². The molecule has 0 aliphatic heterocycles. The summed E-state index contributed by atoms with van der Waals surface area (Å²) in [7, 11) is -2.21. The van der Waals surface area contributed by atoms with E-state index in [-0.39, 0.29) is 13.2 Å². The van der Waals surface area contributed by atoms with Gasteiger partial charge in [-0.15, -0.1) is 0 Å². The summed E-state index contributed by atoms with van der Waals surface area (Å²) < 4.78 is 29.0. The fraction of sp³-hybridized carbons (Fsp3) is 0.833. The van der Waals surface area contributed by atoms with Crippen LogP contribution in [0.5, 0.6) is 0 Å². The molecule has 0 heterocycles. The average Bonchev–Trinajstić information content (AvgIpc) is 2.03. The van der Waals surface area contributed by atoms with E-state index in [2.05, 4.69) is 9.46 Å². The first-order valence-corrected chi connectivity index (χ1v) is 5.49. The number of aliphatic carboxylic acids is 1. The molecule has 0 radical (unpaired) electrons. The van der Waals surface area contributed by atoms with Crippen LogP contribution in [0.25, 0.3) is 0 Å². The number of methoxy groups -OCH3 is 1. The van der Waals surface area contributed by atoms with Gasteiger partial charge in [-0.2, -0.15) is 0 Å². The summed E-state index contributed by atoms with van der Waals surface area (Å²) in [5.74, 6) is -1.98. The molecule has 8 heteroatoms. The van der Waals surface area contributed by atoms with Crippen LogP contribution in [0.4, 0.5) is 0 Å². The Labute approximate surface area is 82.3 Å². The standard InChI is InChI=1S/C6H14N2O5S/c1-13-3-2-8-14(11,12)4-5(7)6(9)10/h5,8H,2-4,7H2,1H3,(H,9,10). The van der Waals surface area contributed by atoms with Gasteiger partial charge in [-0.05, 0) is 0 Å². The van der Waals surface area contributed by atoms with Gasteiger partial charge in [-0.1, -0.05) is 0 Å². The maximum atomic E-state index is 11.1. The summed E-state index contributed by atoms with van der Waals surface area (Å²) in [5.41, 5.74) is 5.06. The highest BCUT2D eigenvalue weighted by molar-refractivity contribution is 7.89. The van der Waals surface area contributed by atoms with Crippen LogP contribution in [-0.2, 0) is 19.6 Å². The number of hydrogen-bond acceptors (Lipinski definition) is 5. The Morgan fingerprint density at radius 2 is 2.21 bits per heavy atom. The van der Waals surface area contributed by atoms with Gasteiger partial charge in [0.25, 0.3) is 0 Å². The Balaban J connectivity index is 4.01. The first-order valence-electron chi connectivity index (χ1n) is 3.83. The molecule has 84 valence electrons. The van der Waals surface area contributed by atoms with Crippen molar-refractivity contribution in [3.63, 3.8) is 0 Å². The molecular weight excluding hydrogens is 212 g/mol. The summed E-state index contributed by atoms with van der Waals surface area (Å²) in [6.07, 6.45) is 0. The number of ether oxygens (including phenoxy) is 1. The number of carboxylic acid groups (broad SMARTS) is 1. The Morgan fingerprint density at radius 1 is 1.64 bits per heavy atom. The molecule has 14 heavy (non-hydrogen) atoms. The van der Waals surface area contributed by atoms with Crippen molar-refractivity contribution in [3.05, 3.63) is 0 Å². The number of sulfonamides is 1. The lowest BCUT2D eigenvalue weighted by Crippen LogP contribution is -2.42. The molecule has 0 aliphatic rings. The molecule has 0 aliphatic carbocycles. The number of rotatable bonds is 7. The van der Waals surface area contributed by atoms with Crippen molar-refractivity contribution in [1.82, 2.24) is 4.72 Å². The van der Waals surface area contributed by atoms with E-state index < -0.39 is 27.8 Å². The average molecular weight is 226 g/mol. The smallest absolute Gasteiger partial charge is 0.321 e. The van der Waals surface area contributed by atoms with Gasteiger partial charge in [0.05, 0.1) is 12.4 Å². The van der Waals surface area contributed by atoms with Crippen LogP contribution in [-0.4, -0.2) is 51.5 Å². The van der Waals surface area contributed by atoms with Crippen LogP contribution in [0.2, 0.25) is 0 Å². The predicted molar refractivity (Wildman–Crippen MR) is 49.3 cm³/mol. The van der Waals surface area contributed by atoms with Gasteiger partial charge in [0.2, 0.25) is 10.0 Å². The third kappa shape index (κ3) is 5.86. The van der Waals surface area contributed by atoms with E-state index in [1.165, 1.54) is 7.11 Å². The summed E-state index contributed by atoms with van der Waals surface area (Å²) in [5, 5.41) is 8.38. The zero-order chi connectivity index (χ0) is 11.2. The Morgan fingerprint density at radius 3 is 2.64 bits per heavy atom. The molecule has 0 fully saturated rings. The van der Waals surface area contributed by atoms with E-state index in [1.54, 1.807) is 0 Å². The second-order valence-corrected chi connectivity index (χ2v) is 4.46. The first kappa shape index (κ1) is 13.3. The van der Waals surface area contributed by atoms with Crippen molar-refractivity contribution in [2.24, 2.45) is 5.73 Å². The van der Waals surface area contributed by atoms with Crippen molar-refractivity contribution in [1.29, 1.82) is 0 Å².